The number of carbonyl (C=O) groups is 1. The molecule has 0 aromatic heterocycles. The van der Waals surface area contributed by atoms with Gasteiger partial charge in [-0.15, -0.1) is 0 Å². The Morgan fingerprint density at radius 1 is 1.56 bits per heavy atom. The Morgan fingerprint density at radius 3 is 1.89 bits per heavy atom. The van der Waals surface area contributed by atoms with Gasteiger partial charge in [-0.25, -0.2) is 4.79 Å². The van der Waals surface area contributed by atoms with Gasteiger partial charge in [-0.2, -0.15) is 5.26 Å². The molecule has 0 amide bonds. The topological polar surface area (TPSA) is 46.5 Å². The van der Waals surface area contributed by atoms with E-state index >= 15 is 0 Å². The summed E-state index contributed by atoms with van der Waals surface area (Å²) in [6.45, 7) is 3.27. The molecule has 9 heavy (non-hydrogen) atoms. The molecule has 0 spiro atoms. The van der Waals surface area contributed by atoms with Crippen molar-refractivity contribution in [2.75, 3.05) is 0 Å². The molecule has 0 saturated carbocycles. The Morgan fingerprint density at radius 2 is 1.89 bits per heavy atom. The number of hydrogen-bond acceptors (Lipinski definition) is 3. The van der Waals surface area contributed by atoms with Crippen LogP contribution in [-0.4, -0.2) is 11.2 Å². The Balaban J connectivity index is 0. The van der Waals surface area contributed by atoms with Crippen molar-refractivity contribution in [1.29, 1.82) is 0 Å². The van der Waals surface area contributed by atoms with Crippen LogP contribution < -0.4 is 0 Å². The third-order valence-electron chi connectivity index (χ3n) is 0.561. The zero-order valence-corrected chi connectivity index (χ0v) is 9.41. The van der Waals surface area contributed by atoms with Crippen molar-refractivity contribution in [3.05, 3.63) is 0 Å². The number of rotatable bonds is 1. The lowest BCUT2D eigenvalue weighted by atomic mass is 10.2. The SMILES string of the molecule is CC(C)C(=O)OO.II. The van der Waals surface area contributed by atoms with Crippen LogP contribution in [0.15, 0.2) is 0 Å². The molecule has 0 aliphatic heterocycles. The van der Waals surface area contributed by atoms with Crippen LogP contribution in [0.25, 0.3) is 0 Å². The summed E-state index contributed by atoms with van der Waals surface area (Å²) in [6, 6.07) is 0. The summed E-state index contributed by atoms with van der Waals surface area (Å²) in [5.41, 5.74) is 0. The van der Waals surface area contributed by atoms with Gasteiger partial charge in [0.1, 0.15) is 0 Å². The van der Waals surface area contributed by atoms with Gasteiger partial charge in [0.2, 0.25) is 0 Å². The van der Waals surface area contributed by atoms with Gasteiger partial charge < -0.3 is 4.89 Å². The fourth-order valence-electron chi connectivity index (χ4n) is 0.105. The van der Waals surface area contributed by atoms with Crippen LogP contribution in [-0.2, 0) is 9.68 Å². The van der Waals surface area contributed by atoms with Crippen molar-refractivity contribution < 1.29 is 14.9 Å². The zero-order valence-electron chi connectivity index (χ0n) is 5.10. The molecular formula is C4H8I2O3. The summed E-state index contributed by atoms with van der Waals surface area (Å²) in [5.74, 6) is -0.843. The van der Waals surface area contributed by atoms with E-state index in [2.05, 4.69) is 42.1 Å². The summed E-state index contributed by atoms with van der Waals surface area (Å²) < 4.78 is 0. The lowest BCUT2D eigenvalue weighted by Crippen LogP contribution is -2.08. The first-order chi connectivity index (χ1) is 4.18. The van der Waals surface area contributed by atoms with Gasteiger partial charge in [0.25, 0.3) is 0 Å². The molecule has 56 valence electrons. The van der Waals surface area contributed by atoms with E-state index in [0.29, 0.717) is 0 Å². The molecule has 0 saturated heterocycles. The molecule has 0 bridgehead atoms. The molecule has 0 rings (SSSR count). The second-order valence-electron chi connectivity index (χ2n) is 1.57. The molecule has 0 aromatic carbocycles. The third-order valence-corrected chi connectivity index (χ3v) is 0.561. The molecule has 0 radical (unpaired) electrons. The van der Waals surface area contributed by atoms with E-state index in [1.807, 2.05) is 0 Å². The molecule has 0 fully saturated rings. The van der Waals surface area contributed by atoms with E-state index < -0.39 is 5.97 Å². The Bertz CT molecular complexity index is 74.2. The summed E-state index contributed by atoms with van der Waals surface area (Å²) in [7, 11) is 0. The fourth-order valence-corrected chi connectivity index (χ4v) is 0.105. The molecule has 0 atom stereocenters. The Hall–Kier alpha value is 0.890. The highest BCUT2D eigenvalue weighted by atomic mass is 128. The smallest absolute Gasteiger partial charge is 0.301 e. The maximum absolute atomic E-state index is 10.0. The first-order valence-corrected chi connectivity index (χ1v) is 8.46. The van der Waals surface area contributed by atoms with Crippen molar-refractivity contribution in [3.63, 3.8) is 0 Å². The molecule has 5 heteroatoms. The van der Waals surface area contributed by atoms with E-state index in [0.717, 1.165) is 0 Å². The lowest BCUT2D eigenvalue weighted by molar-refractivity contribution is -0.237. The molecule has 0 unspecified atom stereocenters. The van der Waals surface area contributed by atoms with E-state index in [-0.39, 0.29) is 5.92 Å². The summed E-state index contributed by atoms with van der Waals surface area (Å²) in [4.78, 5) is 13.4. The minimum absolute atomic E-state index is 0.245. The van der Waals surface area contributed by atoms with Crippen LogP contribution in [0, 0.1) is 5.92 Å². The van der Waals surface area contributed by atoms with Gasteiger partial charge in [-0.05, 0) is 0 Å². The van der Waals surface area contributed by atoms with Crippen LogP contribution in [0.2, 0.25) is 0 Å². The third kappa shape index (κ3) is 8.89. The normalized spacial score (nSPS) is 7.78. The van der Waals surface area contributed by atoms with Gasteiger partial charge >= 0.3 is 5.97 Å². The minimum Gasteiger partial charge on any atom is -0.301 e. The number of carbonyl (C=O) groups excluding carboxylic acids is 1. The monoisotopic (exact) mass is 358 g/mol. The summed E-state index contributed by atoms with van der Waals surface area (Å²) in [6.07, 6.45) is 0. The average Bonchev–Trinajstić information content (AvgIpc) is 1.91. The van der Waals surface area contributed by atoms with Crippen molar-refractivity contribution in [1.82, 2.24) is 0 Å². The standard InChI is InChI=1S/C4H8O3.I2/c1-3(2)4(5)7-6;1-2/h3,6H,1-2H3;. The van der Waals surface area contributed by atoms with Crippen LogP contribution in [0.5, 0.6) is 0 Å². The first kappa shape index (κ1) is 12.6. The molecule has 1 N–H and O–H groups in total. The first-order valence-electron chi connectivity index (χ1n) is 2.18. The maximum Gasteiger partial charge on any atom is 0.344 e. The van der Waals surface area contributed by atoms with Gasteiger partial charge in [-0.3, -0.25) is 0 Å². The number of hydrogen-bond donors (Lipinski definition) is 1. The van der Waals surface area contributed by atoms with Crippen LogP contribution in [0.3, 0.4) is 0 Å². The highest BCUT2D eigenvalue weighted by Gasteiger charge is 2.05. The van der Waals surface area contributed by atoms with E-state index in [1.54, 1.807) is 13.8 Å². The molecule has 3 nitrogen and oxygen atoms in total. The second kappa shape index (κ2) is 8.89. The van der Waals surface area contributed by atoms with E-state index in [4.69, 9.17) is 5.26 Å². The predicted molar refractivity (Wildman–Crippen MR) is 51.6 cm³/mol. The van der Waals surface area contributed by atoms with Gasteiger partial charge in [0, 0.05) is 37.2 Å². The van der Waals surface area contributed by atoms with Gasteiger partial charge in [0.05, 0.1) is 5.92 Å². The number of halogens is 2. The van der Waals surface area contributed by atoms with Gasteiger partial charge in [0.15, 0.2) is 0 Å². The molecule has 0 heterocycles. The lowest BCUT2D eigenvalue weighted by Gasteiger charge is -1.94. The molecule has 0 aliphatic carbocycles. The van der Waals surface area contributed by atoms with Crippen LogP contribution >= 0.6 is 37.2 Å². The zero-order chi connectivity index (χ0) is 7.86. The van der Waals surface area contributed by atoms with Crippen molar-refractivity contribution in [2.24, 2.45) is 5.92 Å². The van der Waals surface area contributed by atoms with Crippen molar-refractivity contribution in [2.45, 2.75) is 13.8 Å². The summed E-state index contributed by atoms with van der Waals surface area (Å²) in [5, 5.41) is 7.66. The van der Waals surface area contributed by atoms with Crippen LogP contribution in [0.4, 0.5) is 0 Å². The highest BCUT2D eigenvalue weighted by Crippen LogP contribution is 1.91. The van der Waals surface area contributed by atoms with E-state index in [1.165, 1.54) is 0 Å². The Kier molecular flexibility index (Phi) is 12.4. The molecular weight excluding hydrogens is 350 g/mol. The van der Waals surface area contributed by atoms with Crippen molar-refractivity contribution >= 4 is 43.2 Å². The fraction of sp³-hybridized carbons (Fsp3) is 0.750. The molecule has 0 aliphatic rings. The quantitative estimate of drug-likeness (QED) is 0.445. The molecule has 0 aromatic rings. The second-order valence-corrected chi connectivity index (χ2v) is 1.57. The Labute approximate surface area is 77.4 Å². The van der Waals surface area contributed by atoms with Gasteiger partial charge in [-0.1, -0.05) is 13.8 Å². The van der Waals surface area contributed by atoms with Crippen molar-refractivity contribution in [3.8, 4) is 0 Å². The van der Waals surface area contributed by atoms with E-state index in [9.17, 15) is 4.79 Å². The highest BCUT2D eigenvalue weighted by molar-refractivity contribution is 15.0. The average molecular weight is 358 g/mol. The summed E-state index contributed by atoms with van der Waals surface area (Å²) >= 11 is 4.24. The maximum atomic E-state index is 10.0. The predicted octanol–water partition coefficient (Wildman–Crippen LogP) is 2.43. The minimum atomic E-state index is -0.597. The largest absolute Gasteiger partial charge is 0.344 e. The van der Waals surface area contributed by atoms with Crippen LogP contribution in [0.1, 0.15) is 13.8 Å².